The van der Waals surface area contributed by atoms with E-state index < -0.39 is 5.92 Å². The number of quaternary nitrogens is 1. The largest absolute Gasteiger partial charge is 0.761 e. The highest BCUT2D eigenvalue weighted by Gasteiger charge is 2.29. The summed E-state index contributed by atoms with van der Waals surface area (Å²) in [5.74, 6) is -0.320. The van der Waals surface area contributed by atoms with Gasteiger partial charge < -0.3 is 33.3 Å². The molecule has 0 radical (unpaired) electrons. The van der Waals surface area contributed by atoms with E-state index in [2.05, 4.69) is 24.5 Å². The number of benzene rings is 2. The Kier molecular flexibility index (Phi) is 6.69. The van der Waals surface area contributed by atoms with Gasteiger partial charge in [-0.15, -0.1) is 0 Å². The van der Waals surface area contributed by atoms with E-state index in [0.717, 1.165) is 29.5 Å². The van der Waals surface area contributed by atoms with Crippen LogP contribution < -0.4 is 16.0 Å². The molecule has 0 bridgehead atoms. The maximum atomic E-state index is 9.48. The summed E-state index contributed by atoms with van der Waals surface area (Å²) >= 11 is 5.21. The second-order valence-corrected chi connectivity index (χ2v) is 7.40. The Balaban J connectivity index is 0.000000290. The molecule has 7 heteroatoms. The van der Waals surface area contributed by atoms with E-state index >= 15 is 0 Å². The topological polar surface area (TPSA) is 99.3 Å². The molecule has 1 unspecified atom stereocenters. The molecule has 2 aromatic carbocycles. The van der Waals surface area contributed by atoms with Crippen LogP contribution in [0, 0.1) is 22.7 Å². The Morgan fingerprint density at radius 3 is 2.34 bits per heavy atom. The smallest absolute Gasteiger partial charge is 0.114 e. The monoisotopic (exact) mass is 405 g/mol. The Labute approximate surface area is 176 Å². The summed E-state index contributed by atoms with van der Waals surface area (Å²) in [6.45, 7) is 4.26. The van der Waals surface area contributed by atoms with Crippen LogP contribution >= 0.6 is 0 Å². The van der Waals surface area contributed by atoms with Gasteiger partial charge in [-0.2, -0.15) is 10.5 Å². The highest BCUT2D eigenvalue weighted by Crippen LogP contribution is 2.39. The zero-order valence-electron chi connectivity index (χ0n) is 16.2. The van der Waals surface area contributed by atoms with E-state index in [4.69, 9.17) is 23.1 Å². The van der Waals surface area contributed by atoms with E-state index in [-0.39, 0.29) is 10.9 Å². The average molecular weight is 406 g/mol. The molecule has 1 saturated heterocycles. The number of allylic oxidation sites excluding steroid dienone is 2. The van der Waals surface area contributed by atoms with Crippen molar-refractivity contribution in [3.8, 4) is 12.1 Å². The van der Waals surface area contributed by atoms with Crippen LogP contribution in [0.25, 0.3) is 10.8 Å². The van der Waals surface area contributed by atoms with Crippen molar-refractivity contribution < 1.29 is 9.64 Å². The van der Waals surface area contributed by atoms with Crippen LogP contribution in [0.5, 0.6) is 0 Å². The highest BCUT2D eigenvalue weighted by atomic mass is 32.1. The molecule has 4 N–H and O–H groups in total. The zero-order chi connectivity index (χ0) is 20.8. The van der Waals surface area contributed by atoms with E-state index in [1.807, 2.05) is 42.5 Å². The SMILES string of the molecule is C[NH+]1CCOCC1.N#CC1=C(N)NC([S-])=C(C#N)C1c1cccc2ccccc12. The van der Waals surface area contributed by atoms with Crippen molar-refractivity contribution in [2.45, 2.75) is 5.92 Å². The third-order valence-corrected chi connectivity index (χ3v) is 5.40. The molecule has 2 heterocycles. The minimum atomic E-state index is -0.533. The van der Waals surface area contributed by atoms with Crippen LogP contribution in [0.1, 0.15) is 11.5 Å². The van der Waals surface area contributed by atoms with Crippen LogP contribution in [0.2, 0.25) is 0 Å². The van der Waals surface area contributed by atoms with Crippen molar-refractivity contribution in [1.29, 1.82) is 10.5 Å². The molecule has 0 amide bonds. The maximum absolute atomic E-state index is 9.48. The predicted molar refractivity (Wildman–Crippen MR) is 114 cm³/mol. The highest BCUT2D eigenvalue weighted by molar-refractivity contribution is 7.63. The molecule has 2 aliphatic rings. The van der Waals surface area contributed by atoms with E-state index in [9.17, 15) is 10.5 Å². The fraction of sp³-hybridized carbons (Fsp3) is 0.273. The van der Waals surface area contributed by atoms with Gasteiger partial charge in [0.1, 0.15) is 18.9 Å². The van der Waals surface area contributed by atoms with Gasteiger partial charge in [0.25, 0.3) is 0 Å². The number of ether oxygens (including phenoxy) is 1. The number of nitrogens with two attached hydrogens (primary N) is 1. The fourth-order valence-corrected chi connectivity index (χ4v) is 3.73. The Morgan fingerprint density at radius 1 is 1.07 bits per heavy atom. The van der Waals surface area contributed by atoms with Crippen molar-refractivity contribution in [2.75, 3.05) is 33.4 Å². The van der Waals surface area contributed by atoms with Gasteiger partial charge in [-0.3, -0.25) is 0 Å². The molecule has 1 fully saturated rings. The first-order chi connectivity index (χ1) is 14.1. The van der Waals surface area contributed by atoms with Crippen LogP contribution in [0.3, 0.4) is 0 Å². The lowest BCUT2D eigenvalue weighted by Crippen LogP contribution is -3.11. The van der Waals surface area contributed by atoms with Gasteiger partial charge in [0.2, 0.25) is 0 Å². The third-order valence-electron chi connectivity index (χ3n) is 5.08. The van der Waals surface area contributed by atoms with Gasteiger partial charge in [0.15, 0.2) is 0 Å². The number of nitrogens with zero attached hydrogens (tertiary/aromatic N) is 2. The summed E-state index contributed by atoms with van der Waals surface area (Å²) in [6.07, 6.45) is 0. The van der Waals surface area contributed by atoms with Crippen molar-refractivity contribution in [3.05, 3.63) is 70.0 Å². The first-order valence-corrected chi connectivity index (χ1v) is 9.82. The van der Waals surface area contributed by atoms with Crippen LogP contribution in [0.4, 0.5) is 0 Å². The first kappa shape index (κ1) is 20.6. The molecule has 0 spiro atoms. The maximum Gasteiger partial charge on any atom is 0.114 e. The predicted octanol–water partition coefficient (Wildman–Crippen LogP) is 1.03. The number of nitriles is 2. The minimum Gasteiger partial charge on any atom is -0.761 e. The van der Waals surface area contributed by atoms with E-state index in [1.54, 1.807) is 4.90 Å². The summed E-state index contributed by atoms with van der Waals surface area (Å²) in [7, 11) is 2.20. The number of fused-ring (bicyclic) bond motifs is 1. The summed E-state index contributed by atoms with van der Waals surface area (Å²) in [5.41, 5.74) is 7.43. The average Bonchev–Trinajstić information content (AvgIpc) is 2.74. The number of hydrogen-bond acceptors (Lipinski definition) is 6. The number of dihydropyridines is 1. The van der Waals surface area contributed by atoms with Crippen LogP contribution in [0.15, 0.2) is 64.5 Å². The molecule has 0 aliphatic carbocycles. The van der Waals surface area contributed by atoms with Crippen LogP contribution in [-0.2, 0) is 17.4 Å². The normalized spacial score (nSPS) is 19.6. The molecule has 29 heavy (non-hydrogen) atoms. The van der Waals surface area contributed by atoms with E-state index in [0.29, 0.717) is 11.1 Å². The molecule has 0 saturated carbocycles. The zero-order valence-corrected chi connectivity index (χ0v) is 17.1. The quantitative estimate of drug-likeness (QED) is 0.613. The fourth-order valence-electron chi connectivity index (χ4n) is 3.46. The molecule has 0 aromatic heterocycles. The first-order valence-electron chi connectivity index (χ1n) is 9.41. The minimum absolute atomic E-state index is 0.212. The standard InChI is InChI=1S/C17H12N4S.C5H11NO/c18-8-13-15(14(9-19)17(22)21-16(13)20)12-7-3-5-10-4-1-2-6-11(10)12;1-6-2-4-7-5-3-6/h1-7,15,21-22H,20H2;2-5H2,1H3. The second kappa shape index (κ2) is 9.40. The lowest BCUT2D eigenvalue weighted by atomic mass is 9.82. The number of rotatable bonds is 1. The molecule has 2 aromatic rings. The Hall–Kier alpha value is -3.10. The molecular formula is C22H23N5OS. The Bertz CT molecular complexity index is 1000. The van der Waals surface area contributed by atoms with E-state index in [1.165, 1.54) is 13.1 Å². The molecule has 2 aliphatic heterocycles. The molecule has 6 nitrogen and oxygen atoms in total. The van der Waals surface area contributed by atoms with Gasteiger partial charge in [-0.25, -0.2) is 0 Å². The van der Waals surface area contributed by atoms with Gasteiger partial charge in [-0.05, 0) is 16.3 Å². The second-order valence-electron chi connectivity index (χ2n) is 6.99. The lowest BCUT2D eigenvalue weighted by molar-refractivity contribution is -0.888. The summed E-state index contributed by atoms with van der Waals surface area (Å²) < 4.78 is 5.12. The number of morpholine rings is 1. The summed E-state index contributed by atoms with van der Waals surface area (Å²) in [6, 6.07) is 17.9. The molecule has 1 atom stereocenters. The van der Waals surface area contributed by atoms with Gasteiger partial charge in [-0.1, -0.05) is 47.5 Å². The number of likely N-dealkylation sites (N-methyl/N-ethyl adjacent to an activating group) is 1. The van der Waals surface area contributed by atoms with Crippen molar-refractivity contribution in [3.63, 3.8) is 0 Å². The van der Waals surface area contributed by atoms with Gasteiger partial charge in [0, 0.05) is 5.57 Å². The van der Waals surface area contributed by atoms with Crippen LogP contribution in [-0.4, -0.2) is 33.4 Å². The van der Waals surface area contributed by atoms with Crippen molar-refractivity contribution in [1.82, 2.24) is 5.32 Å². The lowest BCUT2D eigenvalue weighted by Gasteiger charge is -2.31. The van der Waals surface area contributed by atoms with Gasteiger partial charge >= 0.3 is 0 Å². The van der Waals surface area contributed by atoms with Crippen molar-refractivity contribution in [2.24, 2.45) is 5.73 Å². The molecule has 148 valence electrons. The number of nitrogens with one attached hydrogen (secondary N) is 2. The van der Waals surface area contributed by atoms with Gasteiger partial charge in [0.05, 0.1) is 43.9 Å². The van der Waals surface area contributed by atoms with Crippen molar-refractivity contribution >= 4 is 23.4 Å². The number of hydrogen-bond donors (Lipinski definition) is 3. The summed E-state index contributed by atoms with van der Waals surface area (Å²) in [4.78, 5) is 1.59. The third kappa shape index (κ3) is 4.49. The molecule has 4 rings (SSSR count). The summed E-state index contributed by atoms with van der Waals surface area (Å²) in [5, 5.41) is 24.0. The Morgan fingerprint density at radius 2 is 1.72 bits per heavy atom. The molecular weight excluding hydrogens is 382 g/mol.